The van der Waals surface area contributed by atoms with Crippen molar-refractivity contribution in [3.05, 3.63) is 76.2 Å². The number of fused-ring (bicyclic) bond motifs is 1. The summed E-state index contributed by atoms with van der Waals surface area (Å²) in [6.45, 7) is 3.03. The van der Waals surface area contributed by atoms with Crippen molar-refractivity contribution in [2.24, 2.45) is 5.92 Å². The Morgan fingerprint density at radius 2 is 1.92 bits per heavy atom. The third-order valence-electron chi connectivity index (χ3n) is 6.39. The van der Waals surface area contributed by atoms with Crippen molar-refractivity contribution < 1.29 is 23.0 Å². The number of nitrogens with zero attached hydrogens (tertiary/aromatic N) is 4. The minimum absolute atomic E-state index is 0.0448. The van der Waals surface area contributed by atoms with Crippen molar-refractivity contribution in [3.8, 4) is 16.9 Å². The molecule has 1 aliphatic rings. The number of amides is 1. The number of H-pyrrole nitrogens is 1. The van der Waals surface area contributed by atoms with Gasteiger partial charge in [-0.3, -0.25) is 9.59 Å². The van der Waals surface area contributed by atoms with E-state index in [2.05, 4.69) is 15.3 Å². The average molecular weight is 510 g/mol. The van der Waals surface area contributed by atoms with Crippen LogP contribution in [-0.2, 0) is 9.47 Å². The van der Waals surface area contributed by atoms with E-state index >= 15 is 0 Å². The number of pyridine rings is 1. The van der Waals surface area contributed by atoms with Crippen LogP contribution in [0, 0.1) is 17.6 Å². The highest BCUT2D eigenvalue weighted by atomic mass is 19.2. The lowest BCUT2D eigenvalue weighted by molar-refractivity contribution is 0.0515. The third kappa shape index (κ3) is 5.27. The number of hydrogen-bond donors (Lipinski definition) is 1. The van der Waals surface area contributed by atoms with Crippen LogP contribution in [0.2, 0.25) is 0 Å². The Balaban J connectivity index is 1.28. The topological polar surface area (TPSA) is 102 Å². The molecule has 5 rings (SSSR count). The lowest BCUT2D eigenvalue weighted by Gasteiger charge is -2.17. The fourth-order valence-corrected chi connectivity index (χ4v) is 4.39. The molecular formula is C26H25F2N5O4. The lowest BCUT2D eigenvalue weighted by Crippen LogP contribution is -2.29. The van der Waals surface area contributed by atoms with Gasteiger partial charge in [0.25, 0.3) is 11.5 Å². The SMILES string of the molecule is COCCOC[C@H]1CCN(C(=O)c2ccc(-n3cc(-c4cc5cc(F)c(F)cc5[nH]c4=O)nn3)cc2)C1. The quantitative estimate of drug-likeness (QED) is 0.366. The van der Waals surface area contributed by atoms with E-state index in [1.807, 2.05) is 4.90 Å². The van der Waals surface area contributed by atoms with Gasteiger partial charge in [0.05, 0.1) is 42.8 Å². The molecule has 0 unspecified atom stereocenters. The van der Waals surface area contributed by atoms with Gasteiger partial charge in [-0.25, -0.2) is 13.5 Å². The Kier molecular flexibility index (Phi) is 7.06. The van der Waals surface area contributed by atoms with Gasteiger partial charge in [0.15, 0.2) is 11.6 Å². The lowest BCUT2D eigenvalue weighted by atomic mass is 10.1. The van der Waals surface area contributed by atoms with E-state index < -0.39 is 17.2 Å². The second-order valence-electron chi connectivity index (χ2n) is 8.93. The molecule has 4 aromatic rings. The summed E-state index contributed by atoms with van der Waals surface area (Å²) in [5.74, 6) is -1.79. The predicted octanol–water partition coefficient (Wildman–Crippen LogP) is 3.18. The number of likely N-dealkylation sites (tertiary alicyclic amines) is 1. The Morgan fingerprint density at radius 1 is 1.14 bits per heavy atom. The van der Waals surface area contributed by atoms with E-state index in [0.717, 1.165) is 18.6 Å². The number of carbonyl (C=O) groups excluding carboxylic acids is 1. The summed E-state index contributed by atoms with van der Waals surface area (Å²) in [7, 11) is 1.63. The average Bonchev–Trinajstić information content (AvgIpc) is 3.57. The van der Waals surface area contributed by atoms with Gasteiger partial charge in [0, 0.05) is 43.1 Å². The highest BCUT2D eigenvalue weighted by molar-refractivity contribution is 5.94. The molecule has 3 heterocycles. The number of hydrogen-bond acceptors (Lipinski definition) is 6. The van der Waals surface area contributed by atoms with Gasteiger partial charge in [0.1, 0.15) is 5.69 Å². The van der Waals surface area contributed by atoms with Crippen LogP contribution in [0.4, 0.5) is 8.78 Å². The molecule has 0 radical (unpaired) electrons. The molecule has 9 nitrogen and oxygen atoms in total. The van der Waals surface area contributed by atoms with E-state index in [0.29, 0.717) is 55.5 Å². The molecule has 2 aromatic heterocycles. The summed E-state index contributed by atoms with van der Waals surface area (Å²) in [6, 6.07) is 10.3. The Labute approximate surface area is 210 Å². The van der Waals surface area contributed by atoms with Gasteiger partial charge in [-0.15, -0.1) is 5.10 Å². The molecule has 1 aliphatic heterocycles. The van der Waals surface area contributed by atoms with E-state index in [9.17, 15) is 18.4 Å². The number of aromatic amines is 1. The van der Waals surface area contributed by atoms with Gasteiger partial charge >= 0.3 is 0 Å². The molecule has 0 aliphatic carbocycles. The molecule has 0 bridgehead atoms. The minimum Gasteiger partial charge on any atom is -0.382 e. The molecular weight excluding hydrogens is 484 g/mol. The number of benzene rings is 2. The molecule has 192 valence electrons. The fraction of sp³-hybridized carbons (Fsp3) is 0.308. The second kappa shape index (κ2) is 10.6. The first kappa shape index (κ1) is 24.7. The van der Waals surface area contributed by atoms with Crippen LogP contribution >= 0.6 is 0 Å². The highest BCUT2D eigenvalue weighted by Gasteiger charge is 2.27. The Morgan fingerprint density at radius 3 is 2.70 bits per heavy atom. The zero-order valence-electron chi connectivity index (χ0n) is 20.1. The predicted molar refractivity (Wildman–Crippen MR) is 132 cm³/mol. The Bertz CT molecular complexity index is 1480. The van der Waals surface area contributed by atoms with Crippen molar-refractivity contribution in [2.75, 3.05) is 40.0 Å². The van der Waals surface area contributed by atoms with E-state index in [4.69, 9.17) is 9.47 Å². The number of rotatable bonds is 8. The largest absolute Gasteiger partial charge is 0.382 e. The minimum atomic E-state index is -1.04. The maximum atomic E-state index is 13.7. The standard InChI is InChI=1S/C26H25F2N5O4/c1-36-8-9-37-15-16-6-7-32(13-16)26(35)17-2-4-19(5-3-17)33-14-24(30-31-33)20-10-18-11-21(27)22(28)12-23(18)29-25(20)34/h2-5,10-12,14,16H,6-9,13,15H2,1H3,(H,29,34)/t16-/m0/s1. The molecule has 1 N–H and O–H groups in total. The molecule has 0 spiro atoms. The smallest absolute Gasteiger partial charge is 0.258 e. The van der Waals surface area contributed by atoms with E-state index in [1.54, 1.807) is 37.6 Å². The Hall–Kier alpha value is -3.96. The molecule has 0 saturated carbocycles. The molecule has 1 amide bonds. The van der Waals surface area contributed by atoms with Crippen LogP contribution in [0.1, 0.15) is 16.8 Å². The second-order valence-corrected chi connectivity index (χ2v) is 8.93. The molecule has 1 saturated heterocycles. The molecule has 1 fully saturated rings. The zero-order chi connectivity index (χ0) is 25.9. The summed E-state index contributed by atoms with van der Waals surface area (Å²) in [4.78, 5) is 29.8. The van der Waals surface area contributed by atoms with E-state index in [1.165, 1.54) is 10.7 Å². The van der Waals surface area contributed by atoms with Crippen molar-refractivity contribution in [1.82, 2.24) is 24.9 Å². The number of halogens is 2. The normalized spacial score (nSPS) is 15.5. The maximum Gasteiger partial charge on any atom is 0.258 e. The van der Waals surface area contributed by atoms with Crippen LogP contribution in [0.25, 0.3) is 27.8 Å². The molecule has 1 atom stereocenters. The van der Waals surface area contributed by atoms with Crippen molar-refractivity contribution >= 4 is 16.8 Å². The number of ether oxygens (including phenoxy) is 2. The highest BCUT2D eigenvalue weighted by Crippen LogP contribution is 2.22. The van der Waals surface area contributed by atoms with Gasteiger partial charge in [0.2, 0.25) is 0 Å². The first-order valence-electron chi connectivity index (χ1n) is 11.8. The number of aromatic nitrogens is 4. The first-order valence-corrected chi connectivity index (χ1v) is 11.8. The van der Waals surface area contributed by atoms with Gasteiger partial charge < -0.3 is 19.4 Å². The van der Waals surface area contributed by atoms with Crippen LogP contribution in [0.3, 0.4) is 0 Å². The summed E-state index contributed by atoms with van der Waals surface area (Å²) in [5.41, 5.74) is 1.33. The molecule has 37 heavy (non-hydrogen) atoms. The van der Waals surface area contributed by atoms with Crippen LogP contribution in [-0.4, -0.2) is 70.8 Å². The zero-order valence-corrected chi connectivity index (χ0v) is 20.1. The third-order valence-corrected chi connectivity index (χ3v) is 6.39. The number of carbonyl (C=O) groups is 1. The summed E-state index contributed by atoms with van der Waals surface area (Å²) < 4.78 is 39.2. The summed E-state index contributed by atoms with van der Waals surface area (Å²) >= 11 is 0. The van der Waals surface area contributed by atoms with Crippen molar-refractivity contribution in [3.63, 3.8) is 0 Å². The van der Waals surface area contributed by atoms with E-state index in [-0.39, 0.29) is 22.7 Å². The number of nitrogens with one attached hydrogen (secondary N) is 1. The van der Waals surface area contributed by atoms with Crippen molar-refractivity contribution in [2.45, 2.75) is 6.42 Å². The summed E-state index contributed by atoms with van der Waals surface area (Å²) in [5, 5.41) is 8.48. The van der Waals surface area contributed by atoms with Gasteiger partial charge in [-0.2, -0.15) is 0 Å². The molecule has 11 heteroatoms. The first-order chi connectivity index (χ1) is 17.9. The van der Waals surface area contributed by atoms with Gasteiger partial charge in [-0.05, 0) is 42.8 Å². The summed E-state index contributed by atoms with van der Waals surface area (Å²) in [6.07, 6.45) is 2.45. The van der Waals surface area contributed by atoms with Gasteiger partial charge in [-0.1, -0.05) is 5.21 Å². The molecule has 2 aromatic carbocycles. The van der Waals surface area contributed by atoms with Crippen LogP contribution < -0.4 is 5.56 Å². The van der Waals surface area contributed by atoms with Crippen LogP contribution in [0.15, 0.2) is 53.5 Å². The monoisotopic (exact) mass is 509 g/mol. The van der Waals surface area contributed by atoms with Crippen molar-refractivity contribution in [1.29, 1.82) is 0 Å². The fourth-order valence-electron chi connectivity index (χ4n) is 4.39. The van der Waals surface area contributed by atoms with Crippen LogP contribution in [0.5, 0.6) is 0 Å². The number of methoxy groups -OCH3 is 1. The maximum absolute atomic E-state index is 13.7.